The van der Waals surface area contributed by atoms with Gasteiger partial charge in [0.2, 0.25) is 5.91 Å². The van der Waals surface area contributed by atoms with E-state index in [0.717, 1.165) is 4.90 Å². The number of hydrogen-bond acceptors (Lipinski definition) is 6. The average Bonchev–Trinajstić information content (AvgIpc) is 3.34. The van der Waals surface area contributed by atoms with Gasteiger partial charge in [0.15, 0.2) is 0 Å². The third-order valence-corrected chi connectivity index (χ3v) is 5.31. The molecule has 0 fully saturated rings. The van der Waals surface area contributed by atoms with Crippen molar-refractivity contribution in [2.45, 2.75) is 6.04 Å². The lowest BCUT2D eigenvalue weighted by molar-refractivity contribution is -0.122. The Hall–Kier alpha value is -4.14. The molecule has 0 radical (unpaired) electrons. The van der Waals surface area contributed by atoms with Gasteiger partial charge in [-0.25, -0.2) is 4.98 Å². The summed E-state index contributed by atoms with van der Waals surface area (Å²) in [5.41, 5.74) is 1.26. The predicted molar refractivity (Wildman–Crippen MR) is 115 cm³/mol. The molecule has 4 rings (SSSR count). The van der Waals surface area contributed by atoms with Crippen LogP contribution in [0.25, 0.3) is 0 Å². The summed E-state index contributed by atoms with van der Waals surface area (Å²) in [7, 11) is 4.88. The molecule has 2 aromatic carbocycles. The number of nitrogens with one attached hydrogen (secondary N) is 1. The number of methoxy groups -OCH3 is 2. The van der Waals surface area contributed by atoms with Crippen molar-refractivity contribution >= 4 is 17.7 Å². The van der Waals surface area contributed by atoms with Gasteiger partial charge >= 0.3 is 0 Å². The third kappa shape index (κ3) is 3.80. The molecule has 0 saturated heterocycles. The van der Waals surface area contributed by atoms with Crippen LogP contribution in [0.1, 0.15) is 38.1 Å². The lowest BCUT2D eigenvalue weighted by Gasteiger charge is -2.22. The molecule has 1 unspecified atom stereocenters. The Kier molecular flexibility index (Phi) is 5.63. The fraction of sp³-hybridized carbons (Fsp3) is 0.217. The number of rotatable bonds is 7. The molecule has 32 heavy (non-hydrogen) atoms. The summed E-state index contributed by atoms with van der Waals surface area (Å²) in [6, 6.07) is 11.1. The van der Waals surface area contributed by atoms with Gasteiger partial charge in [0, 0.05) is 25.5 Å². The number of nitrogens with zero attached hydrogens (tertiary/aromatic N) is 3. The van der Waals surface area contributed by atoms with E-state index in [4.69, 9.17) is 9.47 Å². The quantitative estimate of drug-likeness (QED) is 0.570. The summed E-state index contributed by atoms with van der Waals surface area (Å²) in [5, 5.41) is 2.89. The molecule has 0 spiro atoms. The van der Waals surface area contributed by atoms with E-state index in [2.05, 4.69) is 10.3 Å². The normalized spacial score (nSPS) is 13.7. The van der Waals surface area contributed by atoms with Gasteiger partial charge < -0.3 is 19.4 Å². The zero-order chi connectivity index (χ0) is 22.8. The van der Waals surface area contributed by atoms with Crippen LogP contribution in [-0.2, 0) is 11.8 Å². The second-order valence-corrected chi connectivity index (χ2v) is 7.28. The van der Waals surface area contributed by atoms with Gasteiger partial charge in [0.1, 0.15) is 29.9 Å². The highest BCUT2D eigenvalue weighted by molar-refractivity contribution is 6.22. The van der Waals surface area contributed by atoms with Crippen molar-refractivity contribution in [3.05, 3.63) is 77.4 Å². The van der Waals surface area contributed by atoms with E-state index >= 15 is 0 Å². The molecule has 1 aliphatic rings. The fourth-order valence-electron chi connectivity index (χ4n) is 3.68. The molecule has 9 heteroatoms. The largest absolute Gasteiger partial charge is 0.497 e. The lowest BCUT2D eigenvalue weighted by atomic mass is 10.0. The van der Waals surface area contributed by atoms with Crippen molar-refractivity contribution in [3.8, 4) is 11.5 Å². The van der Waals surface area contributed by atoms with Crippen LogP contribution in [0.15, 0.2) is 54.9 Å². The molecule has 9 nitrogen and oxygen atoms in total. The number of carbonyl (C=O) groups is 3. The minimum atomic E-state index is -0.665. The maximum Gasteiger partial charge on any atom is 0.262 e. The molecule has 0 saturated carbocycles. The summed E-state index contributed by atoms with van der Waals surface area (Å²) in [5.74, 6) is 0.182. The standard InChI is InChI=1S/C23H22N4O5/c1-26-9-8-24-21(26)20(14-10-15(31-2)12-16(11-14)32-3)25-19(28)13-27-22(29)17-6-4-5-7-18(17)23(27)30/h4-12,20H,13H2,1-3H3,(H,25,28). The van der Waals surface area contributed by atoms with E-state index < -0.39 is 30.3 Å². The SMILES string of the molecule is COc1cc(OC)cc(C(NC(=O)CN2C(=O)c3ccccc3C2=O)c2nccn2C)c1. The Balaban J connectivity index is 1.62. The highest BCUT2D eigenvalue weighted by Crippen LogP contribution is 2.29. The highest BCUT2D eigenvalue weighted by Gasteiger charge is 2.36. The van der Waals surface area contributed by atoms with Crippen molar-refractivity contribution < 1.29 is 23.9 Å². The van der Waals surface area contributed by atoms with E-state index in [1.807, 2.05) is 7.05 Å². The summed E-state index contributed by atoms with van der Waals surface area (Å²) < 4.78 is 12.5. The van der Waals surface area contributed by atoms with Crippen molar-refractivity contribution in [1.29, 1.82) is 0 Å². The number of carbonyl (C=O) groups excluding carboxylic acids is 3. The van der Waals surface area contributed by atoms with Crippen molar-refractivity contribution in [2.24, 2.45) is 7.05 Å². The van der Waals surface area contributed by atoms with Gasteiger partial charge in [-0.1, -0.05) is 12.1 Å². The lowest BCUT2D eigenvalue weighted by Crippen LogP contribution is -2.42. The molecule has 1 N–H and O–H groups in total. The first-order chi connectivity index (χ1) is 15.4. The zero-order valence-corrected chi connectivity index (χ0v) is 17.9. The topological polar surface area (TPSA) is 103 Å². The predicted octanol–water partition coefficient (Wildman–Crippen LogP) is 1.94. The molecular formula is C23H22N4O5. The first kappa shape index (κ1) is 21.1. The Morgan fingerprint density at radius 1 is 1.03 bits per heavy atom. The maximum absolute atomic E-state index is 13.0. The summed E-state index contributed by atoms with van der Waals surface area (Å²) in [4.78, 5) is 43.5. The summed E-state index contributed by atoms with van der Waals surface area (Å²) >= 11 is 0. The summed E-state index contributed by atoms with van der Waals surface area (Å²) in [6.45, 7) is -0.408. The molecule has 0 bridgehead atoms. The van der Waals surface area contributed by atoms with Crippen LogP contribution in [0.3, 0.4) is 0 Å². The molecule has 1 atom stereocenters. The Morgan fingerprint density at radius 2 is 1.62 bits per heavy atom. The molecule has 164 valence electrons. The van der Waals surface area contributed by atoms with Crippen LogP contribution in [0.4, 0.5) is 0 Å². The van der Waals surface area contributed by atoms with Gasteiger partial charge in [-0.3, -0.25) is 19.3 Å². The number of benzene rings is 2. The third-order valence-electron chi connectivity index (χ3n) is 5.31. The van der Waals surface area contributed by atoms with Gasteiger partial charge in [-0.05, 0) is 29.8 Å². The van der Waals surface area contributed by atoms with Crippen LogP contribution >= 0.6 is 0 Å². The number of imidazole rings is 1. The molecule has 3 aromatic rings. The van der Waals surface area contributed by atoms with E-state index in [1.54, 1.807) is 59.4 Å². The first-order valence-corrected chi connectivity index (χ1v) is 9.87. The molecule has 2 heterocycles. The Bertz CT molecular complexity index is 1150. The number of imide groups is 1. The van der Waals surface area contributed by atoms with E-state index in [1.165, 1.54) is 14.2 Å². The van der Waals surface area contributed by atoms with Crippen LogP contribution in [0.2, 0.25) is 0 Å². The van der Waals surface area contributed by atoms with Crippen molar-refractivity contribution in [3.63, 3.8) is 0 Å². The average molecular weight is 434 g/mol. The molecule has 0 aliphatic carbocycles. The number of aromatic nitrogens is 2. The van der Waals surface area contributed by atoms with Gasteiger partial charge in [0.25, 0.3) is 11.8 Å². The van der Waals surface area contributed by atoms with Crippen molar-refractivity contribution in [2.75, 3.05) is 20.8 Å². The zero-order valence-electron chi connectivity index (χ0n) is 17.9. The van der Waals surface area contributed by atoms with E-state index in [9.17, 15) is 14.4 Å². The molecule has 3 amide bonds. The van der Waals surface area contributed by atoms with Crippen LogP contribution in [-0.4, -0.2) is 52.9 Å². The first-order valence-electron chi connectivity index (χ1n) is 9.87. The summed E-state index contributed by atoms with van der Waals surface area (Å²) in [6.07, 6.45) is 3.38. The number of fused-ring (bicyclic) bond motifs is 1. The number of aryl methyl sites for hydroxylation is 1. The monoisotopic (exact) mass is 434 g/mol. The highest BCUT2D eigenvalue weighted by atomic mass is 16.5. The van der Waals surface area contributed by atoms with Crippen LogP contribution in [0.5, 0.6) is 11.5 Å². The molecule has 1 aliphatic heterocycles. The Labute approximate surface area is 184 Å². The maximum atomic E-state index is 13.0. The minimum absolute atomic E-state index is 0.295. The van der Waals surface area contributed by atoms with E-state index in [-0.39, 0.29) is 0 Å². The molecule has 1 aromatic heterocycles. The smallest absolute Gasteiger partial charge is 0.262 e. The van der Waals surface area contributed by atoms with Crippen LogP contribution in [0, 0.1) is 0 Å². The number of ether oxygens (including phenoxy) is 2. The van der Waals surface area contributed by atoms with Crippen molar-refractivity contribution in [1.82, 2.24) is 19.8 Å². The number of hydrogen-bond donors (Lipinski definition) is 1. The van der Waals surface area contributed by atoms with E-state index in [0.29, 0.717) is 34.0 Å². The van der Waals surface area contributed by atoms with Gasteiger partial charge in [-0.15, -0.1) is 0 Å². The van der Waals surface area contributed by atoms with Crippen LogP contribution < -0.4 is 14.8 Å². The second-order valence-electron chi connectivity index (χ2n) is 7.28. The Morgan fingerprint density at radius 3 is 2.12 bits per heavy atom. The number of amides is 3. The minimum Gasteiger partial charge on any atom is -0.497 e. The van der Waals surface area contributed by atoms with Gasteiger partial charge in [-0.2, -0.15) is 0 Å². The molecular weight excluding hydrogens is 412 g/mol. The van der Waals surface area contributed by atoms with Gasteiger partial charge in [0.05, 0.1) is 25.3 Å². The fourth-order valence-corrected chi connectivity index (χ4v) is 3.68. The second kappa shape index (κ2) is 8.54.